The second-order valence-corrected chi connectivity index (χ2v) is 6.02. The molecule has 0 bridgehead atoms. The van der Waals surface area contributed by atoms with E-state index < -0.39 is 0 Å². The van der Waals surface area contributed by atoms with E-state index >= 15 is 0 Å². The van der Waals surface area contributed by atoms with Crippen molar-refractivity contribution >= 4 is 22.6 Å². The number of hydrogen-bond acceptors (Lipinski definition) is 4. The molecule has 3 aromatic rings. The molecular weight excluding hydrogens is 332 g/mol. The molecule has 7 heteroatoms. The summed E-state index contributed by atoms with van der Waals surface area (Å²) in [6.07, 6.45) is 1.59. The standard InChI is InChI=1S/C19H18N4O3/c24-18-16-14(6-7-20-18)12-15(13-4-2-1-3-5-13)21-17(16)22-19(25)23-8-10-26-11-9-23/h1-7,12H,8-11H2,(H,20,24)(H,21,22,25). The molecule has 4 rings (SSSR count). The third kappa shape index (κ3) is 3.16. The Morgan fingerprint density at radius 2 is 1.92 bits per heavy atom. The van der Waals surface area contributed by atoms with Gasteiger partial charge in [0.15, 0.2) is 0 Å². The fourth-order valence-corrected chi connectivity index (χ4v) is 3.01. The second kappa shape index (κ2) is 6.97. The van der Waals surface area contributed by atoms with Crippen LogP contribution in [0.1, 0.15) is 0 Å². The van der Waals surface area contributed by atoms with E-state index in [0.29, 0.717) is 37.4 Å². The molecule has 7 nitrogen and oxygen atoms in total. The average molecular weight is 350 g/mol. The van der Waals surface area contributed by atoms with Gasteiger partial charge in [-0.05, 0) is 17.5 Å². The quantitative estimate of drug-likeness (QED) is 0.743. The van der Waals surface area contributed by atoms with Crippen LogP contribution in [-0.2, 0) is 4.74 Å². The van der Waals surface area contributed by atoms with Crippen molar-refractivity contribution < 1.29 is 9.53 Å². The number of benzene rings is 1. The number of aromatic amines is 1. The number of pyridine rings is 2. The van der Waals surface area contributed by atoms with Crippen LogP contribution < -0.4 is 10.9 Å². The van der Waals surface area contributed by atoms with E-state index in [9.17, 15) is 9.59 Å². The Kier molecular flexibility index (Phi) is 4.37. The Balaban J connectivity index is 1.78. The third-order valence-electron chi connectivity index (χ3n) is 4.35. The van der Waals surface area contributed by atoms with Crippen molar-refractivity contribution in [1.82, 2.24) is 14.9 Å². The topological polar surface area (TPSA) is 87.3 Å². The number of anilines is 1. The zero-order valence-electron chi connectivity index (χ0n) is 14.1. The number of carbonyl (C=O) groups is 1. The maximum Gasteiger partial charge on any atom is 0.323 e. The van der Waals surface area contributed by atoms with Crippen molar-refractivity contribution in [1.29, 1.82) is 0 Å². The van der Waals surface area contributed by atoms with Crippen molar-refractivity contribution in [3.8, 4) is 11.3 Å². The number of urea groups is 1. The van der Waals surface area contributed by atoms with Gasteiger partial charge in [-0.15, -0.1) is 0 Å². The summed E-state index contributed by atoms with van der Waals surface area (Å²) in [5.74, 6) is 0.264. The average Bonchev–Trinajstić information content (AvgIpc) is 2.69. The van der Waals surface area contributed by atoms with Gasteiger partial charge >= 0.3 is 6.03 Å². The van der Waals surface area contributed by atoms with E-state index in [4.69, 9.17) is 4.74 Å². The van der Waals surface area contributed by atoms with Crippen molar-refractivity contribution in [2.45, 2.75) is 0 Å². The van der Waals surface area contributed by atoms with Gasteiger partial charge < -0.3 is 14.6 Å². The molecule has 2 N–H and O–H groups in total. The molecule has 0 unspecified atom stereocenters. The van der Waals surface area contributed by atoms with Crippen molar-refractivity contribution in [3.05, 3.63) is 59.0 Å². The first-order chi connectivity index (χ1) is 12.7. The molecule has 132 valence electrons. The van der Waals surface area contributed by atoms with Crippen LogP contribution in [0.3, 0.4) is 0 Å². The van der Waals surface area contributed by atoms with Crippen LogP contribution in [0.2, 0.25) is 0 Å². The number of rotatable bonds is 2. The molecule has 2 amide bonds. The molecule has 1 aromatic carbocycles. The molecule has 1 fully saturated rings. The number of carbonyl (C=O) groups excluding carboxylic acids is 1. The summed E-state index contributed by atoms with van der Waals surface area (Å²) in [6, 6.07) is 13.0. The summed E-state index contributed by atoms with van der Waals surface area (Å²) in [5.41, 5.74) is 1.32. The molecule has 0 spiro atoms. The predicted octanol–water partition coefficient (Wildman–Crippen LogP) is 2.45. The molecular formula is C19H18N4O3. The largest absolute Gasteiger partial charge is 0.378 e. The number of amides is 2. The molecule has 1 aliphatic heterocycles. The molecule has 1 aliphatic rings. The van der Waals surface area contributed by atoms with Crippen LogP contribution in [0.5, 0.6) is 0 Å². The SMILES string of the molecule is O=C(Nc1nc(-c2ccccc2)cc2cc[nH]c(=O)c12)N1CCOCC1. The van der Waals surface area contributed by atoms with Gasteiger partial charge in [0.1, 0.15) is 5.82 Å². The number of H-pyrrole nitrogens is 1. The summed E-state index contributed by atoms with van der Waals surface area (Å²) in [5, 5.41) is 3.90. The number of aromatic nitrogens is 2. The van der Waals surface area contributed by atoms with Crippen LogP contribution in [-0.4, -0.2) is 47.2 Å². The second-order valence-electron chi connectivity index (χ2n) is 6.02. The Hall–Kier alpha value is -3.19. The number of fused-ring (bicyclic) bond motifs is 1. The highest BCUT2D eigenvalue weighted by Crippen LogP contribution is 2.25. The maximum absolute atomic E-state index is 12.6. The highest BCUT2D eigenvalue weighted by Gasteiger charge is 2.19. The van der Waals surface area contributed by atoms with Gasteiger partial charge in [0, 0.05) is 24.8 Å². The number of hydrogen-bond donors (Lipinski definition) is 2. The summed E-state index contributed by atoms with van der Waals surface area (Å²) in [4.78, 5) is 33.8. The lowest BCUT2D eigenvalue weighted by Crippen LogP contribution is -2.43. The van der Waals surface area contributed by atoms with Gasteiger partial charge in [0.25, 0.3) is 5.56 Å². The lowest BCUT2D eigenvalue weighted by atomic mass is 10.1. The molecule has 0 saturated carbocycles. The monoisotopic (exact) mass is 350 g/mol. The van der Waals surface area contributed by atoms with Crippen LogP contribution in [0.4, 0.5) is 10.6 Å². The first-order valence-electron chi connectivity index (χ1n) is 8.44. The smallest absolute Gasteiger partial charge is 0.323 e. The molecule has 0 radical (unpaired) electrons. The fraction of sp³-hybridized carbons (Fsp3) is 0.211. The lowest BCUT2D eigenvalue weighted by molar-refractivity contribution is 0.0564. The van der Waals surface area contributed by atoms with Crippen LogP contribution >= 0.6 is 0 Å². The van der Waals surface area contributed by atoms with Gasteiger partial charge in [0.05, 0.1) is 24.3 Å². The molecule has 1 saturated heterocycles. The molecule has 3 heterocycles. The van der Waals surface area contributed by atoms with Crippen molar-refractivity contribution in [2.75, 3.05) is 31.6 Å². The number of ether oxygens (including phenoxy) is 1. The number of morpholine rings is 1. The Morgan fingerprint density at radius 3 is 2.69 bits per heavy atom. The normalized spacial score (nSPS) is 14.4. The minimum Gasteiger partial charge on any atom is -0.378 e. The highest BCUT2D eigenvalue weighted by molar-refractivity contribution is 6.00. The van der Waals surface area contributed by atoms with Crippen LogP contribution in [0.25, 0.3) is 22.0 Å². The van der Waals surface area contributed by atoms with Gasteiger partial charge in [-0.25, -0.2) is 9.78 Å². The zero-order chi connectivity index (χ0) is 17.9. The number of nitrogens with one attached hydrogen (secondary N) is 2. The third-order valence-corrected chi connectivity index (χ3v) is 4.35. The first kappa shape index (κ1) is 16.3. The lowest BCUT2D eigenvalue weighted by Gasteiger charge is -2.27. The molecule has 0 atom stereocenters. The minimum atomic E-state index is -0.285. The van der Waals surface area contributed by atoms with Gasteiger partial charge in [-0.1, -0.05) is 30.3 Å². The van der Waals surface area contributed by atoms with Gasteiger partial charge in [-0.2, -0.15) is 0 Å². The van der Waals surface area contributed by atoms with Crippen LogP contribution in [0.15, 0.2) is 53.5 Å². The molecule has 2 aromatic heterocycles. The van der Waals surface area contributed by atoms with Gasteiger partial charge in [0.2, 0.25) is 0 Å². The Morgan fingerprint density at radius 1 is 1.15 bits per heavy atom. The fourth-order valence-electron chi connectivity index (χ4n) is 3.01. The first-order valence-corrected chi connectivity index (χ1v) is 8.44. The summed E-state index contributed by atoms with van der Waals surface area (Å²) in [6.45, 7) is 2.04. The van der Waals surface area contributed by atoms with E-state index in [1.807, 2.05) is 36.4 Å². The van der Waals surface area contributed by atoms with E-state index in [-0.39, 0.29) is 17.4 Å². The minimum absolute atomic E-state index is 0.264. The summed E-state index contributed by atoms with van der Waals surface area (Å²) >= 11 is 0. The summed E-state index contributed by atoms with van der Waals surface area (Å²) < 4.78 is 5.27. The molecule has 0 aliphatic carbocycles. The van der Waals surface area contributed by atoms with Gasteiger partial charge in [-0.3, -0.25) is 10.1 Å². The van der Waals surface area contributed by atoms with Crippen molar-refractivity contribution in [2.24, 2.45) is 0 Å². The summed E-state index contributed by atoms with van der Waals surface area (Å²) in [7, 11) is 0. The number of nitrogens with zero attached hydrogens (tertiary/aromatic N) is 2. The van der Waals surface area contributed by atoms with Crippen molar-refractivity contribution in [3.63, 3.8) is 0 Å². The van der Waals surface area contributed by atoms with E-state index in [1.54, 1.807) is 17.2 Å². The maximum atomic E-state index is 12.6. The predicted molar refractivity (Wildman–Crippen MR) is 99.2 cm³/mol. The Labute approximate surface area is 149 Å². The van der Waals surface area contributed by atoms with E-state index in [2.05, 4.69) is 15.3 Å². The van der Waals surface area contributed by atoms with E-state index in [1.165, 1.54) is 0 Å². The van der Waals surface area contributed by atoms with E-state index in [0.717, 1.165) is 10.9 Å². The van der Waals surface area contributed by atoms with Crippen LogP contribution in [0, 0.1) is 0 Å². The highest BCUT2D eigenvalue weighted by atomic mass is 16.5. The molecule has 26 heavy (non-hydrogen) atoms. The Bertz CT molecular complexity index is 995. The zero-order valence-corrected chi connectivity index (χ0v) is 14.1.